The van der Waals surface area contributed by atoms with Crippen molar-refractivity contribution in [1.29, 1.82) is 0 Å². The van der Waals surface area contributed by atoms with E-state index in [1.54, 1.807) is 4.68 Å². The molecule has 1 aliphatic rings. The summed E-state index contributed by atoms with van der Waals surface area (Å²) in [7, 11) is 1.90. The molecule has 0 atom stereocenters. The van der Waals surface area contributed by atoms with Gasteiger partial charge in [-0.15, -0.1) is 0 Å². The van der Waals surface area contributed by atoms with E-state index >= 15 is 0 Å². The van der Waals surface area contributed by atoms with Gasteiger partial charge in [-0.05, 0) is 25.7 Å². The van der Waals surface area contributed by atoms with Crippen LogP contribution < -0.4 is 0 Å². The lowest BCUT2D eigenvalue weighted by atomic mass is 10.1. The smallest absolute Gasteiger partial charge is 0.142 e. The first-order valence-corrected chi connectivity index (χ1v) is 6.76. The van der Waals surface area contributed by atoms with Crippen LogP contribution in [0.15, 0.2) is 12.4 Å². The third-order valence-corrected chi connectivity index (χ3v) is 3.77. The first-order chi connectivity index (χ1) is 8.74. The number of hydrogen-bond acceptors (Lipinski definition) is 3. The fourth-order valence-electron chi connectivity index (χ4n) is 2.48. The highest BCUT2D eigenvalue weighted by Gasteiger charge is 2.13. The van der Waals surface area contributed by atoms with Crippen LogP contribution in [-0.4, -0.2) is 19.7 Å². The van der Waals surface area contributed by atoms with Gasteiger partial charge in [0.25, 0.3) is 0 Å². The lowest BCUT2D eigenvalue weighted by molar-refractivity contribution is 0.708. The van der Waals surface area contributed by atoms with Gasteiger partial charge in [0.2, 0.25) is 0 Å². The Balaban J connectivity index is 2.10. The van der Waals surface area contributed by atoms with Crippen molar-refractivity contribution in [1.82, 2.24) is 19.7 Å². The van der Waals surface area contributed by atoms with E-state index in [2.05, 4.69) is 15.1 Å². The molecule has 1 aliphatic carbocycles. The number of fused-ring (bicyclic) bond motifs is 1. The van der Waals surface area contributed by atoms with Gasteiger partial charge in [0.15, 0.2) is 0 Å². The molecule has 2 aromatic rings. The maximum atomic E-state index is 5.44. The molecule has 5 heteroatoms. The Labute approximate surface area is 111 Å². The fourth-order valence-corrected chi connectivity index (χ4v) is 2.79. The summed E-state index contributed by atoms with van der Waals surface area (Å²) in [5.74, 6) is 0.841. The van der Waals surface area contributed by atoms with E-state index in [9.17, 15) is 0 Å². The maximum Gasteiger partial charge on any atom is 0.142 e. The van der Waals surface area contributed by atoms with E-state index in [1.165, 1.54) is 30.5 Å². The van der Waals surface area contributed by atoms with Crippen LogP contribution >= 0.6 is 12.2 Å². The molecule has 0 spiro atoms. The second kappa shape index (κ2) is 4.65. The average Bonchev–Trinajstić information content (AvgIpc) is 2.63. The highest BCUT2D eigenvalue weighted by Crippen LogP contribution is 2.22. The number of aromatic nitrogens is 4. The highest BCUT2D eigenvalue weighted by molar-refractivity contribution is 7.71. The second-order valence-corrected chi connectivity index (χ2v) is 5.20. The van der Waals surface area contributed by atoms with E-state index in [1.807, 2.05) is 19.4 Å². The first-order valence-electron chi connectivity index (χ1n) is 6.35. The third kappa shape index (κ3) is 2.10. The SMILES string of the molecule is Cn1cc(-c2nc(=S)c3c([nH]2)CCCCC3)cn1. The molecule has 1 N–H and O–H groups in total. The van der Waals surface area contributed by atoms with Crippen molar-refractivity contribution >= 4 is 12.2 Å². The van der Waals surface area contributed by atoms with Gasteiger partial charge in [-0.3, -0.25) is 4.68 Å². The van der Waals surface area contributed by atoms with Gasteiger partial charge in [0, 0.05) is 24.5 Å². The molecular weight excluding hydrogens is 244 g/mol. The first kappa shape index (κ1) is 11.6. The molecule has 0 aromatic carbocycles. The minimum Gasteiger partial charge on any atom is -0.343 e. The monoisotopic (exact) mass is 260 g/mol. The van der Waals surface area contributed by atoms with Crippen LogP contribution in [0.2, 0.25) is 0 Å². The quantitative estimate of drug-likeness (QED) is 0.633. The molecule has 18 heavy (non-hydrogen) atoms. The standard InChI is InChI=1S/C13H16N4S/c1-17-8-9(7-14-17)12-15-11-6-4-2-3-5-10(11)13(18)16-12/h7-8H,2-6H2,1H3,(H,15,16,18). The molecule has 0 saturated carbocycles. The number of nitrogens with zero attached hydrogens (tertiary/aromatic N) is 3. The predicted molar refractivity (Wildman–Crippen MR) is 72.9 cm³/mol. The molecule has 0 fully saturated rings. The molecule has 0 unspecified atom stereocenters. The van der Waals surface area contributed by atoms with Gasteiger partial charge < -0.3 is 4.98 Å². The van der Waals surface area contributed by atoms with Crippen molar-refractivity contribution in [3.8, 4) is 11.4 Å². The number of H-pyrrole nitrogens is 1. The van der Waals surface area contributed by atoms with Crippen molar-refractivity contribution in [3.05, 3.63) is 28.3 Å². The Hall–Kier alpha value is -1.49. The molecule has 94 valence electrons. The van der Waals surface area contributed by atoms with Gasteiger partial charge in [-0.25, -0.2) is 4.98 Å². The fraction of sp³-hybridized carbons (Fsp3) is 0.462. The third-order valence-electron chi connectivity index (χ3n) is 3.44. The summed E-state index contributed by atoms with van der Waals surface area (Å²) >= 11 is 5.44. The number of aromatic amines is 1. The number of nitrogens with one attached hydrogen (secondary N) is 1. The van der Waals surface area contributed by atoms with Gasteiger partial charge in [-0.2, -0.15) is 5.10 Å². The van der Waals surface area contributed by atoms with Crippen LogP contribution in [0.5, 0.6) is 0 Å². The number of hydrogen-bond donors (Lipinski definition) is 1. The van der Waals surface area contributed by atoms with Crippen LogP contribution in [0, 0.1) is 4.64 Å². The molecule has 0 bridgehead atoms. The van der Waals surface area contributed by atoms with Crippen LogP contribution in [0.3, 0.4) is 0 Å². The maximum absolute atomic E-state index is 5.44. The molecule has 0 saturated heterocycles. The highest BCUT2D eigenvalue weighted by atomic mass is 32.1. The minimum absolute atomic E-state index is 0.754. The number of aryl methyl sites for hydroxylation is 2. The van der Waals surface area contributed by atoms with Gasteiger partial charge in [0.05, 0.1) is 11.8 Å². The zero-order chi connectivity index (χ0) is 12.5. The summed E-state index contributed by atoms with van der Waals surface area (Å²) in [5, 5.41) is 4.18. The van der Waals surface area contributed by atoms with Crippen LogP contribution in [0.4, 0.5) is 0 Å². The van der Waals surface area contributed by atoms with Gasteiger partial charge in [-0.1, -0.05) is 18.6 Å². The van der Waals surface area contributed by atoms with Crippen LogP contribution in [0.1, 0.15) is 30.5 Å². The Morgan fingerprint density at radius 1 is 1.28 bits per heavy atom. The topological polar surface area (TPSA) is 46.5 Å². The second-order valence-electron chi connectivity index (χ2n) is 4.81. The summed E-state index contributed by atoms with van der Waals surface area (Å²) < 4.78 is 2.53. The number of rotatable bonds is 1. The van der Waals surface area contributed by atoms with Crippen LogP contribution in [-0.2, 0) is 19.9 Å². The van der Waals surface area contributed by atoms with Gasteiger partial charge >= 0.3 is 0 Å². The lowest BCUT2D eigenvalue weighted by Crippen LogP contribution is -2.01. The lowest BCUT2D eigenvalue weighted by Gasteiger charge is -2.08. The Kier molecular flexibility index (Phi) is 2.99. The largest absolute Gasteiger partial charge is 0.343 e. The molecule has 3 rings (SSSR count). The molecule has 4 nitrogen and oxygen atoms in total. The van der Waals surface area contributed by atoms with Crippen molar-refractivity contribution in [3.63, 3.8) is 0 Å². The minimum atomic E-state index is 0.754. The molecule has 2 aromatic heterocycles. The van der Waals surface area contributed by atoms with E-state index in [-0.39, 0.29) is 0 Å². The summed E-state index contributed by atoms with van der Waals surface area (Å²) in [5.41, 5.74) is 3.51. The van der Waals surface area contributed by atoms with Crippen molar-refractivity contribution in [2.45, 2.75) is 32.1 Å². The molecule has 0 aliphatic heterocycles. The summed E-state index contributed by atoms with van der Waals surface area (Å²) in [6.07, 6.45) is 9.64. The molecule has 2 heterocycles. The van der Waals surface area contributed by atoms with Crippen molar-refractivity contribution in [2.75, 3.05) is 0 Å². The van der Waals surface area contributed by atoms with Crippen LogP contribution in [0.25, 0.3) is 11.4 Å². The molecular formula is C13H16N4S. The van der Waals surface area contributed by atoms with E-state index < -0.39 is 0 Å². The Morgan fingerprint density at radius 3 is 2.89 bits per heavy atom. The van der Waals surface area contributed by atoms with E-state index in [0.717, 1.165) is 28.9 Å². The Morgan fingerprint density at radius 2 is 2.11 bits per heavy atom. The van der Waals surface area contributed by atoms with Gasteiger partial charge in [0.1, 0.15) is 10.5 Å². The average molecular weight is 260 g/mol. The predicted octanol–water partition coefficient (Wildman–Crippen LogP) is 2.81. The molecule has 0 amide bonds. The normalized spacial score (nSPS) is 15.2. The molecule has 0 radical (unpaired) electrons. The van der Waals surface area contributed by atoms with E-state index in [0.29, 0.717) is 0 Å². The summed E-state index contributed by atoms with van der Waals surface area (Å²) in [4.78, 5) is 7.96. The summed E-state index contributed by atoms with van der Waals surface area (Å²) in [6.45, 7) is 0. The zero-order valence-corrected chi connectivity index (χ0v) is 11.3. The van der Waals surface area contributed by atoms with Crippen molar-refractivity contribution < 1.29 is 0 Å². The summed E-state index contributed by atoms with van der Waals surface area (Å²) in [6, 6.07) is 0. The van der Waals surface area contributed by atoms with E-state index in [4.69, 9.17) is 12.2 Å². The Bertz CT molecular complexity index is 626. The van der Waals surface area contributed by atoms with Crippen molar-refractivity contribution in [2.24, 2.45) is 7.05 Å². The zero-order valence-electron chi connectivity index (χ0n) is 10.4.